The number of methoxy groups -OCH3 is 2. The normalized spacial score (nSPS) is 10.6. The van der Waals surface area contributed by atoms with Gasteiger partial charge in [-0.2, -0.15) is 5.10 Å². The first-order chi connectivity index (χ1) is 12.9. The number of rotatable bonds is 5. The van der Waals surface area contributed by atoms with E-state index >= 15 is 0 Å². The van der Waals surface area contributed by atoms with Crippen molar-refractivity contribution in [1.82, 2.24) is 9.78 Å². The number of carbonyl (C=O) groups is 1. The summed E-state index contributed by atoms with van der Waals surface area (Å²) in [6.45, 7) is 0. The van der Waals surface area contributed by atoms with Crippen LogP contribution in [0.2, 0.25) is 0 Å². The van der Waals surface area contributed by atoms with E-state index in [9.17, 15) is 13.6 Å². The highest BCUT2D eigenvalue weighted by Crippen LogP contribution is 2.32. The van der Waals surface area contributed by atoms with Crippen LogP contribution in [0.5, 0.6) is 11.5 Å². The van der Waals surface area contributed by atoms with Crippen molar-refractivity contribution in [2.75, 3.05) is 19.5 Å². The summed E-state index contributed by atoms with van der Waals surface area (Å²) in [6, 6.07) is 9.97. The van der Waals surface area contributed by atoms with Gasteiger partial charge in [0, 0.05) is 30.4 Å². The van der Waals surface area contributed by atoms with Crippen LogP contribution < -0.4 is 14.8 Å². The molecule has 0 radical (unpaired) electrons. The molecule has 27 heavy (non-hydrogen) atoms. The molecule has 1 amide bonds. The smallest absolute Gasteiger partial charge is 0.273 e. The van der Waals surface area contributed by atoms with Gasteiger partial charge < -0.3 is 14.8 Å². The molecule has 0 fully saturated rings. The van der Waals surface area contributed by atoms with Crippen LogP contribution in [0.15, 0.2) is 42.5 Å². The molecule has 0 aliphatic heterocycles. The van der Waals surface area contributed by atoms with Crippen LogP contribution in [0.25, 0.3) is 11.3 Å². The van der Waals surface area contributed by atoms with Gasteiger partial charge >= 0.3 is 0 Å². The second-order valence-corrected chi connectivity index (χ2v) is 5.69. The zero-order valence-electron chi connectivity index (χ0n) is 14.9. The quantitative estimate of drug-likeness (QED) is 0.742. The summed E-state index contributed by atoms with van der Waals surface area (Å²) in [7, 11) is 4.69. The molecule has 1 N–H and O–H groups in total. The van der Waals surface area contributed by atoms with Gasteiger partial charge in [-0.3, -0.25) is 9.48 Å². The number of benzene rings is 2. The fraction of sp³-hybridized carbons (Fsp3) is 0.158. The molecular weight excluding hydrogens is 356 g/mol. The highest BCUT2D eigenvalue weighted by atomic mass is 19.2. The molecule has 0 saturated carbocycles. The first-order valence-corrected chi connectivity index (χ1v) is 7.95. The Hall–Kier alpha value is -3.42. The number of halogens is 2. The highest BCUT2D eigenvalue weighted by Gasteiger charge is 2.17. The number of ether oxygens (including phenoxy) is 2. The Balaban J connectivity index is 1.90. The topological polar surface area (TPSA) is 65.4 Å². The minimum Gasteiger partial charge on any atom is -0.497 e. The number of aryl methyl sites for hydroxylation is 1. The van der Waals surface area contributed by atoms with E-state index < -0.39 is 17.5 Å². The Morgan fingerprint density at radius 2 is 1.81 bits per heavy atom. The van der Waals surface area contributed by atoms with Crippen molar-refractivity contribution in [3.05, 3.63) is 59.8 Å². The monoisotopic (exact) mass is 373 g/mol. The first kappa shape index (κ1) is 18.4. The van der Waals surface area contributed by atoms with Crippen molar-refractivity contribution < 1.29 is 23.0 Å². The van der Waals surface area contributed by atoms with Crippen LogP contribution in [0.3, 0.4) is 0 Å². The fourth-order valence-corrected chi connectivity index (χ4v) is 2.59. The van der Waals surface area contributed by atoms with Crippen molar-refractivity contribution in [3.63, 3.8) is 0 Å². The minimum atomic E-state index is -1.04. The number of hydrogen-bond acceptors (Lipinski definition) is 4. The maximum atomic E-state index is 13.3. The van der Waals surface area contributed by atoms with Gasteiger partial charge in [-0.15, -0.1) is 0 Å². The van der Waals surface area contributed by atoms with Crippen molar-refractivity contribution in [2.45, 2.75) is 0 Å². The van der Waals surface area contributed by atoms with E-state index in [-0.39, 0.29) is 11.4 Å². The van der Waals surface area contributed by atoms with Crippen LogP contribution in [0, 0.1) is 11.6 Å². The van der Waals surface area contributed by atoms with Gasteiger partial charge in [0.25, 0.3) is 5.91 Å². The van der Waals surface area contributed by atoms with Crippen molar-refractivity contribution in [3.8, 4) is 22.8 Å². The number of carbonyl (C=O) groups excluding carboxylic acids is 1. The largest absolute Gasteiger partial charge is 0.497 e. The van der Waals surface area contributed by atoms with Crippen LogP contribution in [-0.2, 0) is 7.05 Å². The summed E-state index contributed by atoms with van der Waals surface area (Å²) in [4.78, 5) is 12.5. The Bertz CT molecular complexity index is 1000. The standard InChI is InChI=1S/C19H17F2N3O3/c1-24-17(19(25)22-11-4-7-14(20)15(21)8-11)10-16(23-24)13-6-5-12(26-2)9-18(13)27-3/h4-10H,1-3H3,(H,22,25). The molecule has 1 aromatic heterocycles. The van der Waals surface area contributed by atoms with Gasteiger partial charge in [-0.1, -0.05) is 0 Å². The van der Waals surface area contributed by atoms with E-state index in [0.717, 1.165) is 12.1 Å². The molecule has 6 nitrogen and oxygen atoms in total. The third-order valence-corrected chi connectivity index (χ3v) is 3.97. The summed E-state index contributed by atoms with van der Waals surface area (Å²) < 4.78 is 38.3. The summed E-state index contributed by atoms with van der Waals surface area (Å²) in [6.07, 6.45) is 0. The summed E-state index contributed by atoms with van der Waals surface area (Å²) in [5.74, 6) is -1.36. The van der Waals surface area contributed by atoms with E-state index in [1.165, 1.54) is 17.9 Å². The molecule has 0 unspecified atom stereocenters. The van der Waals surface area contributed by atoms with Crippen LogP contribution >= 0.6 is 0 Å². The maximum Gasteiger partial charge on any atom is 0.273 e. The minimum absolute atomic E-state index is 0.142. The molecule has 0 saturated heterocycles. The SMILES string of the molecule is COc1ccc(-c2cc(C(=O)Nc3ccc(F)c(F)c3)n(C)n2)c(OC)c1. The summed E-state index contributed by atoms with van der Waals surface area (Å²) >= 11 is 0. The molecule has 3 rings (SSSR count). The molecule has 0 aliphatic carbocycles. The van der Waals surface area contributed by atoms with E-state index in [1.54, 1.807) is 38.4 Å². The predicted molar refractivity (Wildman–Crippen MR) is 96.1 cm³/mol. The molecule has 1 heterocycles. The average molecular weight is 373 g/mol. The molecular formula is C19H17F2N3O3. The zero-order valence-corrected chi connectivity index (χ0v) is 14.9. The molecule has 3 aromatic rings. The molecule has 0 aliphatic rings. The fourth-order valence-electron chi connectivity index (χ4n) is 2.59. The Kier molecular flexibility index (Phi) is 5.07. The molecule has 0 bridgehead atoms. The summed E-state index contributed by atoms with van der Waals surface area (Å²) in [5, 5.41) is 6.86. The number of aromatic nitrogens is 2. The molecule has 2 aromatic carbocycles. The first-order valence-electron chi connectivity index (χ1n) is 7.95. The zero-order chi connectivity index (χ0) is 19.6. The highest BCUT2D eigenvalue weighted by molar-refractivity contribution is 6.03. The second-order valence-electron chi connectivity index (χ2n) is 5.69. The lowest BCUT2D eigenvalue weighted by Gasteiger charge is -2.08. The van der Waals surface area contributed by atoms with Crippen molar-refractivity contribution in [1.29, 1.82) is 0 Å². The number of nitrogens with one attached hydrogen (secondary N) is 1. The lowest BCUT2D eigenvalue weighted by Crippen LogP contribution is -2.16. The number of anilines is 1. The molecule has 0 atom stereocenters. The number of hydrogen-bond donors (Lipinski definition) is 1. The maximum absolute atomic E-state index is 13.3. The van der Waals surface area contributed by atoms with E-state index in [0.29, 0.717) is 22.8 Å². The van der Waals surface area contributed by atoms with Crippen molar-refractivity contribution >= 4 is 11.6 Å². The Morgan fingerprint density at radius 1 is 1.04 bits per heavy atom. The lowest BCUT2D eigenvalue weighted by molar-refractivity contribution is 0.101. The van der Waals surface area contributed by atoms with Gasteiger partial charge in [0.15, 0.2) is 11.6 Å². The number of nitrogens with zero attached hydrogens (tertiary/aromatic N) is 2. The Morgan fingerprint density at radius 3 is 2.48 bits per heavy atom. The Labute approximate surface area is 154 Å². The van der Waals surface area contributed by atoms with Gasteiger partial charge in [-0.25, -0.2) is 8.78 Å². The van der Waals surface area contributed by atoms with Gasteiger partial charge in [0.2, 0.25) is 0 Å². The van der Waals surface area contributed by atoms with Crippen molar-refractivity contribution in [2.24, 2.45) is 7.05 Å². The van der Waals surface area contributed by atoms with E-state index in [2.05, 4.69) is 10.4 Å². The van der Waals surface area contributed by atoms with Gasteiger partial charge in [0.1, 0.15) is 17.2 Å². The van der Waals surface area contributed by atoms with E-state index in [4.69, 9.17) is 9.47 Å². The van der Waals surface area contributed by atoms with E-state index in [1.807, 2.05) is 0 Å². The van der Waals surface area contributed by atoms with Crippen LogP contribution in [0.1, 0.15) is 10.5 Å². The second kappa shape index (κ2) is 7.45. The molecule has 140 valence electrons. The number of amides is 1. The average Bonchev–Trinajstić information content (AvgIpc) is 3.05. The third kappa shape index (κ3) is 3.74. The van der Waals surface area contributed by atoms with Crippen LogP contribution in [-0.4, -0.2) is 29.9 Å². The summed E-state index contributed by atoms with van der Waals surface area (Å²) in [5.41, 5.74) is 1.59. The predicted octanol–water partition coefficient (Wildman–Crippen LogP) is 3.63. The lowest BCUT2D eigenvalue weighted by atomic mass is 10.1. The van der Waals surface area contributed by atoms with Gasteiger partial charge in [0.05, 0.1) is 19.9 Å². The van der Waals surface area contributed by atoms with Crippen LogP contribution in [0.4, 0.5) is 14.5 Å². The van der Waals surface area contributed by atoms with Gasteiger partial charge in [-0.05, 0) is 30.3 Å². The molecule has 8 heteroatoms. The third-order valence-electron chi connectivity index (χ3n) is 3.97. The molecule has 0 spiro atoms.